The molecule has 0 aliphatic carbocycles. The van der Waals surface area contributed by atoms with Gasteiger partial charge in [-0.25, -0.2) is 4.90 Å². The van der Waals surface area contributed by atoms with Crippen LogP contribution in [0.15, 0.2) is 53.5 Å². The Hall–Kier alpha value is -2.99. The number of amides is 2. The topological polar surface area (TPSA) is 76.0 Å². The van der Waals surface area contributed by atoms with Gasteiger partial charge in [0.1, 0.15) is 6.54 Å². The van der Waals surface area contributed by atoms with Crippen LogP contribution in [0, 0.1) is 0 Å². The standard InChI is InChI=1S/C19H15ClN2O4/c1-26-17(23)11-21-10-16-14-7-2-3-8-15(14)18(24)22(19(16)25)13-6-4-5-12(20)9-13/h2-10,16H,11H2,1H3. The molecule has 2 aromatic rings. The molecule has 1 atom stereocenters. The van der Waals surface area contributed by atoms with Crippen LogP contribution in [0.3, 0.4) is 0 Å². The Kier molecular flexibility index (Phi) is 5.14. The zero-order chi connectivity index (χ0) is 18.7. The molecule has 1 aliphatic rings. The lowest BCUT2D eigenvalue weighted by molar-refractivity contribution is -0.138. The lowest BCUT2D eigenvalue weighted by atomic mass is 9.89. The Labute approximate surface area is 155 Å². The zero-order valence-corrected chi connectivity index (χ0v) is 14.6. The third kappa shape index (κ3) is 3.36. The first-order valence-corrected chi connectivity index (χ1v) is 8.20. The molecule has 7 heteroatoms. The van der Waals surface area contributed by atoms with Gasteiger partial charge in [0.25, 0.3) is 5.91 Å². The highest BCUT2D eigenvalue weighted by atomic mass is 35.5. The Bertz CT molecular complexity index is 910. The summed E-state index contributed by atoms with van der Waals surface area (Å²) in [6, 6.07) is 13.3. The van der Waals surface area contributed by atoms with E-state index < -0.39 is 23.7 Å². The van der Waals surface area contributed by atoms with Crippen LogP contribution in [0.2, 0.25) is 5.02 Å². The largest absolute Gasteiger partial charge is 0.468 e. The summed E-state index contributed by atoms with van der Waals surface area (Å²) in [4.78, 5) is 42.2. The summed E-state index contributed by atoms with van der Waals surface area (Å²) < 4.78 is 4.54. The minimum Gasteiger partial charge on any atom is -0.468 e. The molecule has 0 N–H and O–H groups in total. The first-order valence-electron chi connectivity index (χ1n) is 7.82. The number of aliphatic imine (C=N–C) groups is 1. The fourth-order valence-electron chi connectivity index (χ4n) is 2.76. The molecular weight excluding hydrogens is 356 g/mol. The minimum absolute atomic E-state index is 0.201. The number of benzene rings is 2. The van der Waals surface area contributed by atoms with Crippen LogP contribution in [0.25, 0.3) is 0 Å². The predicted octanol–water partition coefficient (Wildman–Crippen LogP) is 2.85. The maximum atomic E-state index is 13.0. The van der Waals surface area contributed by atoms with E-state index in [0.29, 0.717) is 21.8 Å². The fourth-order valence-corrected chi connectivity index (χ4v) is 2.94. The summed E-state index contributed by atoms with van der Waals surface area (Å²) >= 11 is 6.00. The van der Waals surface area contributed by atoms with E-state index in [9.17, 15) is 14.4 Å². The molecule has 0 fully saturated rings. The summed E-state index contributed by atoms with van der Waals surface area (Å²) in [6.45, 7) is -0.201. The van der Waals surface area contributed by atoms with Crippen LogP contribution in [0.4, 0.5) is 5.69 Å². The number of carbonyl (C=O) groups excluding carboxylic acids is 3. The molecule has 1 unspecified atom stereocenters. The number of rotatable bonds is 4. The van der Waals surface area contributed by atoms with Crippen LogP contribution in [-0.2, 0) is 14.3 Å². The predicted molar refractivity (Wildman–Crippen MR) is 97.8 cm³/mol. The SMILES string of the molecule is COC(=O)CN=CC1C(=O)N(c2cccc(Cl)c2)C(=O)c2ccccc21. The van der Waals surface area contributed by atoms with Gasteiger partial charge in [-0.2, -0.15) is 0 Å². The maximum Gasteiger partial charge on any atom is 0.327 e. The van der Waals surface area contributed by atoms with Crippen LogP contribution in [-0.4, -0.2) is 37.7 Å². The van der Waals surface area contributed by atoms with E-state index in [2.05, 4.69) is 9.73 Å². The van der Waals surface area contributed by atoms with Crippen LogP contribution in [0.5, 0.6) is 0 Å². The van der Waals surface area contributed by atoms with E-state index in [1.54, 1.807) is 48.5 Å². The number of ether oxygens (including phenoxy) is 1. The first-order chi connectivity index (χ1) is 12.5. The van der Waals surface area contributed by atoms with Crippen molar-refractivity contribution in [2.75, 3.05) is 18.6 Å². The number of fused-ring (bicyclic) bond motifs is 1. The van der Waals surface area contributed by atoms with Crippen molar-refractivity contribution in [2.24, 2.45) is 4.99 Å². The molecule has 2 amide bonds. The van der Waals surface area contributed by atoms with E-state index in [1.807, 2.05) is 0 Å². The molecule has 0 saturated heterocycles. The number of hydrogen-bond donors (Lipinski definition) is 0. The zero-order valence-electron chi connectivity index (χ0n) is 13.9. The van der Waals surface area contributed by atoms with Crippen molar-refractivity contribution in [1.82, 2.24) is 0 Å². The first kappa shape index (κ1) is 17.8. The summed E-state index contributed by atoms with van der Waals surface area (Å²) in [6.07, 6.45) is 1.38. The Morgan fingerprint density at radius 3 is 2.73 bits per heavy atom. The lowest BCUT2D eigenvalue weighted by Crippen LogP contribution is -2.45. The number of nitrogens with zero attached hydrogens (tertiary/aromatic N) is 2. The van der Waals surface area contributed by atoms with Gasteiger partial charge in [0, 0.05) is 16.8 Å². The van der Waals surface area contributed by atoms with Gasteiger partial charge >= 0.3 is 5.97 Å². The number of halogens is 1. The van der Waals surface area contributed by atoms with Gasteiger partial charge in [0.15, 0.2) is 0 Å². The average molecular weight is 371 g/mol. The fraction of sp³-hybridized carbons (Fsp3) is 0.158. The maximum absolute atomic E-state index is 13.0. The second-order valence-corrected chi connectivity index (χ2v) is 6.03. The number of carbonyl (C=O) groups is 3. The highest BCUT2D eigenvalue weighted by molar-refractivity contribution is 6.32. The molecule has 0 radical (unpaired) electrons. The minimum atomic E-state index is -0.785. The summed E-state index contributed by atoms with van der Waals surface area (Å²) in [7, 11) is 1.26. The summed E-state index contributed by atoms with van der Waals surface area (Å²) in [5.41, 5.74) is 1.34. The van der Waals surface area contributed by atoms with Crippen molar-refractivity contribution in [3.8, 4) is 0 Å². The third-order valence-electron chi connectivity index (χ3n) is 3.98. The second kappa shape index (κ2) is 7.49. The number of anilines is 1. The molecule has 0 aromatic heterocycles. The number of hydrogen-bond acceptors (Lipinski definition) is 5. The molecule has 1 aliphatic heterocycles. The van der Waals surface area contributed by atoms with E-state index >= 15 is 0 Å². The van der Waals surface area contributed by atoms with Gasteiger partial charge in [-0.1, -0.05) is 35.9 Å². The molecule has 3 rings (SSSR count). The van der Waals surface area contributed by atoms with Crippen LogP contribution >= 0.6 is 11.6 Å². The molecule has 2 aromatic carbocycles. The Morgan fingerprint density at radius 1 is 1.23 bits per heavy atom. The molecule has 6 nitrogen and oxygen atoms in total. The van der Waals surface area contributed by atoms with E-state index in [4.69, 9.17) is 11.6 Å². The highest BCUT2D eigenvalue weighted by Crippen LogP contribution is 2.32. The van der Waals surface area contributed by atoms with Gasteiger partial charge in [-0.05, 0) is 29.8 Å². The smallest absolute Gasteiger partial charge is 0.327 e. The number of imide groups is 1. The molecule has 132 valence electrons. The highest BCUT2D eigenvalue weighted by Gasteiger charge is 2.38. The Balaban J connectivity index is 2.03. The summed E-state index contributed by atoms with van der Waals surface area (Å²) in [5.74, 6) is -2.18. The van der Waals surface area contributed by atoms with Crippen molar-refractivity contribution in [3.63, 3.8) is 0 Å². The van der Waals surface area contributed by atoms with E-state index in [0.717, 1.165) is 4.90 Å². The van der Waals surface area contributed by atoms with Gasteiger partial charge in [-0.3, -0.25) is 19.4 Å². The van der Waals surface area contributed by atoms with Gasteiger partial charge in [-0.15, -0.1) is 0 Å². The van der Waals surface area contributed by atoms with Gasteiger partial charge in [0.05, 0.1) is 18.7 Å². The van der Waals surface area contributed by atoms with Crippen LogP contribution in [0.1, 0.15) is 21.8 Å². The average Bonchev–Trinajstić information content (AvgIpc) is 2.64. The monoisotopic (exact) mass is 370 g/mol. The van der Waals surface area contributed by atoms with Gasteiger partial charge < -0.3 is 4.74 Å². The van der Waals surface area contributed by atoms with E-state index in [-0.39, 0.29) is 6.54 Å². The quantitative estimate of drug-likeness (QED) is 0.471. The molecular formula is C19H15ClN2O4. The van der Waals surface area contributed by atoms with Gasteiger partial charge in [0.2, 0.25) is 5.91 Å². The molecule has 1 heterocycles. The van der Waals surface area contributed by atoms with Crippen LogP contribution < -0.4 is 4.90 Å². The molecule has 0 bridgehead atoms. The third-order valence-corrected chi connectivity index (χ3v) is 4.22. The van der Waals surface area contributed by atoms with Crippen molar-refractivity contribution in [3.05, 3.63) is 64.7 Å². The van der Waals surface area contributed by atoms with Crippen molar-refractivity contribution in [2.45, 2.75) is 5.92 Å². The molecule has 26 heavy (non-hydrogen) atoms. The van der Waals surface area contributed by atoms with Crippen molar-refractivity contribution >= 4 is 41.3 Å². The number of methoxy groups -OCH3 is 1. The number of esters is 1. The Morgan fingerprint density at radius 2 is 2.00 bits per heavy atom. The normalized spacial score (nSPS) is 16.7. The molecule has 0 saturated carbocycles. The van der Waals surface area contributed by atoms with Crippen molar-refractivity contribution < 1.29 is 19.1 Å². The van der Waals surface area contributed by atoms with E-state index in [1.165, 1.54) is 13.3 Å². The second-order valence-electron chi connectivity index (χ2n) is 5.59. The molecule has 0 spiro atoms. The lowest BCUT2D eigenvalue weighted by Gasteiger charge is -2.31. The van der Waals surface area contributed by atoms with Crippen molar-refractivity contribution in [1.29, 1.82) is 0 Å². The summed E-state index contributed by atoms with van der Waals surface area (Å²) in [5, 5.41) is 0.415.